The molecule has 0 aliphatic carbocycles. The van der Waals surface area contributed by atoms with Crippen molar-refractivity contribution in [3.8, 4) is 0 Å². The van der Waals surface area contributed by atoms with E-state index < -0.39 is 0 Å². The molecular formula is C15H22N4O2. The highest BCUT2D eigenvalue weighted by Crippen LogP contribution is 2.19. The van der Waals surface area contributed by atoms with Gasteiger partial charge in [-0.05, 0) is 24.6 Å². The molecule has 21 heavy (non-hydrogen) atoms. The minimum Gasteiger partial charge on any atom is -0.378 e. The van der Waals surface area contributed by atoms with E-state index in [9.17, 15) is 4.79 Å². The maximum atomic E-state index is 12.2. The first-order valence-electron chi connectivity index (χ1n) is 7.54. The summed E-state index contributed by atoms with van der Waals surface area (Å²) in [5, 5.41) is 6.21. The molecule has 1 amide bonds. The molecule has 2 saturated heterocycles. The molecule has 3 heterocycles. The number of hydrogen-bond acceptors (Lipinski definition) is 5. The second-order valence-electron chi connectivity index (χ2n) is 5.74. The number of aromatic nitrogens is 1. The fourth-order valence-electron chi connectivity index (χ4n) is 2.84. The average molecular weight is 290 g/mol. The number of nitrogens with zero attached hydrogens (tertiary/aromatic N) is 2. The van der Waals surface area contributed by atoms with Crippen LogP contribution in [0.25, 0.3) is 0 Å². The Balaban J connectivity index is 1.60. The Morgan fingerprint density at radius 3 is 2.81 bits per heavy atom. The van der Waals surface area contributed by atoms with E-state index in [4.69, 9.17) is 4.74 Å². The number of rotatable bonds is 3. The lowest BCUT2D eigenvalue weighted by atomic mass is 9.97. The van der Waals surface area contributed by atoms with E-state index in [0.29, 0.717) is 5.92 Å². The summed E-state index contributed by atoms with van der Waals surface area (Å²) >= 11 is 0. The van der Waals surface area contributed by atoms with Crippen LogP contribution in [-0.4, -0.2) is 50.3 Å². The van der Waals surface area contributed by atoms with Crippen LogP contribution in [-0.2, 0) is 9.53 Å². The van der Waals surface area contributed by atoms with E-state index in [0.717, 1.165) is 50.9 Å². The summed E-state index contributed by atoms with van der Waals surface area (Å²) in [6, 6.07) is 3.88. The summed E-state index contributed by atoms with van der Waals surface area (Å²) < 4.78 is 5.33. The predicted molar refractivity (Wildman–Crippen MR) is 81.4 cm³/mol. The molecule has 0 bridgehead atoms. The molecule has 6 heteroatoms. The quantitative estimate of drug-likeness (QED) is 0.858. The maximum Gasteiger partial charge on any atom is 0.229 e. The van der Waals surface area contributed by atoms with E-state index in [1.807, 2.05) is 12.1 Å². The van der Waals surface area contributed by atoms with E-state index in [1.165, 1.54) is 0 Å². The van der Waals surface area contributed by atoms with Crippen molar-refractivity contribution in [3.63, 3.8) is 0 Å². The van der Waals surface area contributed by atoms with Crippen LogP contribution < -0.4 is 15.5 Å². The molecule has 0 radical (unpaired) electrons. The molecule has 2 aliphatic rings. The van der Waals surface area contributed by atoms with E-state index in [1.54, 1.807) is 6.20 Å². The van der Waals surface area contributed by atoms with Gasteiger partial charge in [0.05, 0.1) is 31.0 Å². The van der Waals surface area contributed by atoms with Crippen molar-refractivity contribution in [1.29, 1.82) is 0 Å². The van der Waals surface area contributed by atoms with E-state index >= 15 is 0 Å². The predicted octanol–water partition coefficient (Wildman–Crippen LogP) is 0.712. The zero-order valence-corrected chi connectivity index (χ0v) is 12.3. The molecule has 0 saturated carbocycles. The van der Waals surface area contributed by atoms with Crippen molar-refractivity contribution in [3.05, 3.63) is 18.3 Å². The van der Waals surface area contributed by atoms with Crippen molar-refractivity contribution in [2.45, 2.75) is 6.92 Å². The van der Waals surface area contributed by atoms with Crippen LogP contribution in [0, 0.1) is 11.8 Å². The largest absolute Gasteiger partial charge is 0.378 e. The Kier molecular flexibility index (Phi) is 4.36. The van der Waals surface area contributed by atoms with Crippen LogP contribution in [0.3, 0.4) is 0 Å². The molecule has 0 spiro atoms. The van der Waals surface area contributed by atoms with Crippen molar-refractivity contribution in [2.75, 3.05) is 49.6 Å². The topological polar surface area (TPSA) is 66.5 Å². The molecule has 2 aliphatic heterocycles. The molecule has 1 aromatic heterocycles. The lowest BCUT2D eigenvalue weighted by Crippen LogP contribution is -2.36. The summed E-state index contributed by atoms with van der Waals surface area (Å²) in [4.78, 5) is 18.8. The second-order valence-corrected chi connectivity index (χ2v) is 5.74. The molecule has 1 aromatic rings. The third-order valence-corrected chi connectivity index (χ3v) is 4.20. The van der Waals surface area contributed by atoms with Gasteiger partial charge in [-0.2, -0.15) is 0 Å². The van der Waals surface area contributed by atoms with Gasteiger partial charge in [-0.15, -0.1) is 0 Å². The molecule has 2 atom stereocenters. The summed E-state index contributed by atoms with van der Waals surface area (Å²) in [6.45, 7) is 6.98. The van der Waals surface area contributed by atoms with Gasteiger partial charge in [-0.1, -0.05) is 6.92 Å². The van der Waals surface area contributed by atoms with E-state index in [-0.39, 0.29) is 11.8 Å². The van der Waals surface area contributed by atoms with Crippen molar-refractivity contribution >= 4 is 17.4 Å². The fourth-order valence-corrected chi connectivity index (χ4v) is 2.84. The van der Waals surface area contributed by atoms with Gasteiger partial charge in [0.25, 0.3) is 0 Å². The molecule has 2 unspecified atom stereocenters. The number of ether oxygens (including phenoxy) is 1. The van der Waals surface area contributed by atoms with Crippen molar-refractivity contribution in [1.82, 2.24) is 10.3 Å². The first-order chi connectivity index (χ1) is 10.2. The first-order valence-corrected chi connectivity index (χ1v) is 7.54. The SMILES string of the molecule is CC1CNCC1C(=O)Nc1ccc(N2CCOCC2)nc1. The van der Waals surface area contributed by atoms with Gasteiger partial charge in [0.1, 0.15) is 5.82 Å². The van der Waals surface area contributed by atoms with E-state index in [2.05, 4.69) is 27.4 Å². The number of amides is 1. The third kappa shape index (κ3) is 3.33. The monoisotopic (exact) mass is 290 g/mol. The number of pyridine rings is 1. The summed E-state index contributed by atoms with van der Waals surface area (Å²) in [7, 11) is 0. The number of hydrogen-bond donors (Lipinski definition) is 2. The van der Waals surface area contributed by atoms with Crippen LogP contribution in [0.1, 0.15) is 6.92 Å². The van der Waals surface area contributed by atoms with Crippen molar-refractivity contribution < 1.29 is 9.53 Å². The highest BCUT2D eigenvalue weighted by Gasteiger charge is 2.29. The minimum absolute atomic E-state index is 0.0453. The standard InChI is InChI=1S/C15H22N4O2/c1-11-8-16-10-13(11)15(20)18-12-2-3-14(17-9-12)19-4-6-21-7-5-19/h2-3,9,11,13,16H,4-8,10H2,1H3,(H,18,20). The highest BCUT2D eigenvalue weighted by atomic mass is 16.5. The van der Waals surface area contributed by atoms with Gasteiger partial charge in [-0.25, -0.2) is 4.98 Å². The minimum atomic E-state index is 0.0453. The number of morpholine rings is 1. The van der Waals surface area contributed by atoms with Crippen LogP contribution in [0.15, 0.2) is 18.3 Å². The average Bonchev–Trinajstić information content (AvgIpc) is 2.95. The van der Waals surface area contributed by atoms with Gasteiger partial charge in [0, 0.05) is 19.6 Å². The Morgan fingerprint density at radius 2 is 2.19 bits per heavy atom. The number of carbonyl (C=O) groups excluding carboxylic acids is 1. The summed E-state index contributed by atoms with van der Waals surface area (Å²) in [5.74, 6) is 1.44. The molecular weight excluding hydrogens is 268 g/mol. The molecule has 114 valence electrons. The van der Waals surface area contributed by atoms with Gasteiger partial charge in [-0.3, -0.25) is 4.79 Å². The lowest BCUT2D eigenvalue weighted by molar-refractivity contribution is -0.120. The van der Waals surface area contributed by atoms with Crippen LogP contribution in [0.4, 0.5) is 11.5 Å². The van der Waals surface area contributed by atoms with Crippen molar-refractivity contribution in [2.24, 2.45) is 11.8 Å². The smallest absolute Gasteiger partial charge is 0.229 e. The fraction of sp³-hybridized carbons (Fsp3) is 0.600. The Labute approximate surface area is 124 Å². The number of anilines is 2. The van der Waals surface area contributed by atoms with Crippen LogP contribution in [0.5, 0.6) is 0 Å². The van der Waals surface area contributed by atoms with Gasteiger partial charge in [0.2, 0.25) is 5.91 Å². The third-order valence-electron chi connectivity index (χ3n) is 4.20. The normalized spacial score (nSPS) is 25.9. The second kappa shape index (κ2) is 6.41. The molecule has 2 N–H and O–H groups in total. The Bertz CT molecular complexity index is 485. The lowest BCUT2D eigenvalue weighted by Gasteiger charge is -2.27. The van der Waals surface area contributed by atoms with Crippen LogP contribution in [0.2, 0.25) is 0 Å². The maximum absolute atomic E-state index is 12.2. The zero-order valence-electron chi connectivity index (χ0n) is 12.3. The van der Waals surface area contributed by atoms with Gasteiger partial charge >= 0.3 is 0 Å². The number of nitrogens with one attached hydrogen (secondary N) is 2. The van der Waals surface area contributed by atoms with Gasteiger partial charge in [0.15, 0.2) is 0 Å². The Hall–Kier alpha value is -1.66. The molecule has 2 fully saturated rings. The first kappa shape index (κ1) is 14.3. The summed E-state index contributed by atoms with van der Waals surface area (Å²) in [5.41, 5.74) is 0.760. The molecule has 3 rings (SSSR count). The molecule has 6 nitrogen and oxygen atoms in total. The highest BCUT2D eigenvalue weighted by molar-refractivity contribution is 5.93. The number of carbonyl (C=O) groups is 1. The zero-order chi connectivity index (χ0) is 14.7. The van der Waals surface area contributed by atoms with Crippen LogP contribution >= 0.6 is 0 Å². The van der Waals surface area contributed by atoms with Gasteiger partial charge < -0.3 is 20.3 Å². The summed E-state index contributed by atoms with van der Waals surface area (Å²) in [6.07, 6.45) is 1.73. The Morgan fingerprint density at radius 1 is 1.38 bits per heavy atom. The molecule has 0 aromatic carbocycles.